The van der Waals surface area contributed by atoms with Crippen molar-refractivity contribution in [2.45, 2.75) is 12.5 Å². The molecule has 0 aliphatic carbocycles. The van der Waals surface area contributed by atoms with Crippen LogP contribution < -0.4 is 10.1 Å². The smallest absolute Gasteiger partial charge is 0.382 e. The molecule has 2 N–H and O–H groups in total. The molecular formula is C11H11N3O3. The normalized spacial score (nSPS) is 18.2. The Kier molecular flexibility index (Phi) is 3.52. The highest BCUT2D eigenvalue weighted by Gasteiger charge is 2.16. The van der Waals surface area contributed by atoms with Crippen molar-refractivity contribution in [2.24, 2.45) is 0 Å². The first kappa shape index (κ1) is 11.4. The zero-order valence-electron chi connectivity index (χ0n) is 9.01. The Morgan fingerprint density at radius 3 is 3.18 bits per heavy atom. The van der Waals surface area contributed by atoms with Crippen LogP contribution >= 0.6 is 0 Å². The molecule has 0 aromatic carbocycles. The third kappa shape index (κ3) is 3.43. The van der Waals surface area contributed by atoms with Crippen LogP contribution in [-0.4, -0.2) is 40.2 Å². The summed E-state index contributed by atoms with van der Waals surface area (Å²) in [6, 6.07) is 0. The first-order valence-corrected chi connectivity index (χ1v) is 5.18. The van der Waals surface area contributed by atoms with Gasteiger partial charge in [-0.2, -0.15) is 0 Å². The van der Waals surface area contributed by atoms with Gasteiger partial charge < -0.3 is 15.2 Å². The van der Waals surface area contributed by atoms with Gasteiger partial charge in [0.15, 0.2) is 0 Å². The number of hydrogen-bond donors (Lipinski definition) is 2. The third-order valence-corrected chi connectivity index (χ3v) is 2.21. The molecule has 17 heavy (non-hydrogen) atoms. The highest BCUT2D eigenvalue weighted by Crippen LogP contribution is 2.10. The summed E-state index contributed by atoms with van der Waals surface area (Å²) in [5, 5.41) is 11.6. The van der Waals surface area contributed by atoms with Crippen LogP contribution in [0.25, 0.3) is 0 Å². The molecule has 2 heterocycles. The van der Waals surface area contributed by atoms with E-state index in [1.54, 1.807) is 0 Å². The minimum atomic E-state index is -1.20. The number of carboxylic acids is 1. The van der Waals surface area contributed by atoms with E-state index in [1.165, 1.54) is 12.4 Å². The quantitative estimate of drug-likeness (QED) is 0.679. The SMILES string of the molecule is O=C(O)C#Cc1cncc(OC2CCNC2)n1. The van der Waals surface area contributed by atoms with Gasteiger partial charge >= 0.3 is 5.97 Å². The summed E-state index contributed by atoms with van der Waals surface area (Å²) in [5.41, 5.74) is 0.288. The summed E-state index contributed by atoms with van der Waals surface area (Å²) in [5.74, 6) is 3.54. The molecule has 6 heteroatoms. The van der Waals surface area contributed by atoms with Crippen LogP contribution in [0.3, 0.4) is 0 Å². The highest BCUT2D eigenvalue weighted by molar-refractivity contribution is 5.87. The number of carboxylic acid groups (broad SMARTS) is 1. The zero-order chi connectivity index (χ0) is 12.1. The lowest BCUT2D eigenvalue weighted by molar-refractivity contribution is -0.130. The van der Waals surface area contributed by atoms with E-state index < -0.39 is 5.97 Å². The van der Waals surface area contributed by atoms with Crippen molar-refractivity contribution in [1.82, 2.24) is 15.3 Å². The van der Waals surface area contributed by atoms with E-state index in [-0.39, 0.29) is 11.8 Å². The van der Waals surface area contributed by atoms with Gasteiger partial charge in [0, 0.05) is 12.5 Å². The molecule has 0 saturated carbocycles. The number of aromatic nitrogens is 2. The average Bonchev–Trinajstić information content (AvgIpc) is 2.80. The van der Waals surface area contributed by atoms with Crippen molar-refractivity contribution in [1.29, 1.82) is 0 Å². The molecule has 1 aromatic rings. The van der Waals surface area contributed by atoms with Crippen LogP contribution in [0.4, 0.5) is 0 Å². The van der Waals surface area contributed by atoms with Crippen LogP contribution in [0.5, 0.6) is 5.88 Å². The number of hydrogen-bond acceptors (Lipinski definition) is 5. The second-order valence-electron chi connectivity index (χ2n) is 3.53. The van der Waals surface area contributed by atoms with Gasteiger partial charge in [-0.3, -0.25) is 4.98 Å². The summed E-state index contributed by atoms with van der Waals surface area (Å²) in [7, 11) is 0. The van der Waals surface area contributed by atoms with Crippen LogP contribution in [0, 0.1) is 11.8 Å². The Bertz CT molecular complexity index is 472. The number of rotatable bonds is 2. The Balaban J connectivity index is 2.06. The summed E-state index contributed by atoms with van der Waals surface area (Å²) in [6.07, 6.45) is 3.90. The molecule has 0 bridgehead atoms. The van der Waals surface area contributed by atoms with Crippen molar-refractivity contribution >= 4 is 5.97 Å². The molecule has 6 nitrogen and oxygen atoms in total. The van der Waals surface area contributed by atoms with E-state index in [4.69, 9.17) is 9.84 Å². The molecule has 0 radical (unpaired) electrons. The molecule has 0 amide bonds. The fraction of sp³-hybridized carbons (Fsp3) is 0.364. The van der Waals surface area contributed by atoms with E-state index in [0.29, 0.717) is 5.88 Å². The van der Waals surface area contributed by atoms with E-state index in [2.05, 4.69) is 21.2 Å². The lowest BCUT2D eigenvalue weighted by atomic mass is 10.3. The first-order valence-electron chi connectivity index (χ1n) is 5.18. The number of carbonyl (C=O) groups is 1. The van der Waals surface area contributed by atoms with Crippen LogP contribution in [0.1, 0.15) is 12.1 Å². The van der Waals surface area contributed by atoms with Crippen molar-refractivity contribution in [3.63, 3.8) is 0 Å². The molecule has 88 valence electrons. The van der Waals surface area contributed by atoms with Crippen molar-refractivity contribution in [2.75, 3.05) is 13.1 Å². The molecule has 1 saturated heterocycles. The lowest BCUT2D eigenvalue weighted by Crippen LogP contribution is -2.20. The molecule has 2 rings (SSSR count). The van der Waals surface area contributed by atoms with E-state index in [9.17, 15) is 4.79 Å². The minimum Gasteiger partial charge on any atom is -0.472 e. The fourth-order valence-electron chi connectivity index (χ4n) is 1.48. The largest absolute Gasteiger partial charge is 0.472 e. The lowest BCUT2D eigenvalue weighted by Gasteiger charge is -2.10. The zero-order valence-corrected chi connectivity index (χ0v) is 9.01. The Morgan fingerprint density at radius 1 is 1.59 bits per heavy atom. The Labute approximate surface area is 98.0 Å². The second kappa shape index (κ2) is 5.27. The topological polar surface area (TPSA) is 84.3 Å². The fourth-order valence-corrected chi connectivity index (χ4v) is 1.48. The van der Waals surface area contributed by atoms with Crippen molar-refractivity contribution in [3.05, 3.63) is 18.1 Å². The molecule has 1 aliphatic heterocycles. The summed E-state index contributed by atoms with van der Waals surface area (Å²) < 4.78 is 5.57. The first-order chi connectivity index (χ1) is 8.24. The molecule has 1 fully saturated rings. The van der Waals surface area contributed by atoms with E-state index >= 15 is 0 Å². The second-order valence-corrected chi connectivity index (χ2v) is 3.53. The number of aliphatic carboxylic acids is 1. The molecule has 0 spiro atoms. The Morgan fingerprint density at radius 2 is 2.47 bits per heavy atom. The number of ether oxygens (including phenoxy) is 1. The van der Waals surface area contributed by atoms with Crippen LogP contribution in [-0.2, 0) is 4.79 Å². The molecule has 1 unspecified atom stereocenters. The van der Waals surface area contributed by atoms with Gasteiger partial charge in [-0.25, -0.2) is 9.78 Å². The molecule has 1 aromatic heterocycles. The summed E-state index contributed by atoms with van der Waals surface area (Å²) >= 11 is 0. The van der Waals surface area contributed by atoms with E-state index in [1.807, 2.05) is 5.92 Å². The van der Waals surface area contributed by atoms with Crippen molar-refractivity contribution in [3.8, 4) is 17.7 Å². The molecule has 1 atom stereocenters. The average molecular weight is 233 g/mol. The van der Waals surface area contributed by atoms with Gasteiger partial charge in [0.1, 0.15) is 11.8 Å². The van der Waals surface area contributed by atoms with Gasteiger partial charge in [-0.15, -0.1) is 0 Å². The van der Waals surface area contributed by atoms with Gasteiger partial charge in [-0.1, -0.05) is 0 Å². The minimum absolute atomic E-state index is 0.0898. The predicted molar refractivity (Wildman–Crippen MR) is 58.4 cm³/mol. The van der Waals surface area contributed by atoms with Crippen molar-refractivity contribution < 1.29 is 14.6 Å². The maximum atomic E-state index is 10.3. The third-order valence-electron chi connectivity index (χ3n) is 2.21. The van der Waals surface area contributed by atoms with Gasteiger partial charge in [0.05, 0.1) is 12.4 Å². The van der Waals surface area contributed by atoms with Gasteiger partial charge in [0.25, 0.3) is 0 Å². The van der Waals surface area contributed by atoms with E-state index in [0.717, 1.165) is 19.5 Å². The Hall–Kier alpha value is -2.13. The maximum absolute atomic E-state index is 10.3. The molecular weight excluding hydrogens is 222 g/mol. The predicted octanol–water partition coefficient (Wildman–Crippen LogP) is -0.347. The number of nitrogens with zero attached hydrogens (tertiary/aromatic N) is 2. The van der Waals surface area contributed by atoms with Gasteiger partial charge in [0.2, 0.25) is 5.88 Å². The molecule has 1 aliphatic rings. The maximum Gasteiger partial charge on any atom is 0.382 e. The highest BCUT2D eigenvalue weighted by atomic mass is 16.5. The standard InChI is InChI=1S/C11H11N3O3/c15-11(16)2-1-8-5-13-7-10(14-8)17-9-3-4-12-6-9/h5,7,9,12H,3-4,6H2,(H,15,16). The summed E-state index contributed by atoms with van der Waals surface area (Å²) in [4.78, 5) is 18.2. The van der Waals surface area contributed by atoms with Crippen LogP contribution in [0.15, 0.2) is 12.4 Å². The van der Waals surface area contributed by atoms with Gasteiger partial charge in [-0.05, 0) is 18.9 Å². The summed E-state index contributed by atoms with van der Waals surface area (Å²) in [6.45, 7) is 1.71. The monoisotopic (exact) mass is 233 g/mol. The van der Waals surface area contributed by atoms with Crippen LogP contribution in [0.2, 0.25) is 0 Å². The number of nitrogens with one attached hydrogen (secondary N) is 1.